The number of hydrogen-bond acceptors (Lipinski definition) is 1. The van der Waals surface area contributed by atoms with Crippen molar-refractivity contribution in [2.45, 2.75) is 45.6 Å². The Balaban J connectivity index is 2.78. The predicted molar refractivity (Wildman–Crippen MR) is 50.6 cm³/mol. The summed E-state index contributed by atoms with van der Waals surface area (Å²) in [6.45, 7) is 6.10. The van der Waals surface area contributed by atoms with Crippen LogP contribution in [0.1, 0.15) is 40.0 Å². The molecule has 0 aliphatic heterocycles. The molecule has 1 rings (SSSR count). The summed E-state index contributed by atoms with van der Waals surface area (Å²) < 4.78 is 0. The average Bonchev–Trinajstić information content (AvgIpc) is 2.01. The van der Waals surface area contributed by atoms with Crippen molar-refractivity contribution in [1.29, 1.82) is 0 Å². The molecule has 0 aromatic heterocycles. The van der Waals surface area contributed by atoms with E-state index in [0.717, 1.165) is 12.8 Å². The number of aliphatic hydroxyl groups is 1. The molecule has 0 aromatic rings. The highest BCUT2D eigenvalue weighted by atomic mass is 16.3. The van der Waals surface area contributed by atoms with Crippen LogP contribution < -0.4 is 0 Å². The third-order valence-electron chi connectivity index (χ3n) is 3.17. The van der Waals surface area contributed by atoms with Gasteiger partial charge in [0.1, 0.15) is 5.60 Å². The molecule has 1 aliphatic carbocycles. The summed E-state index contributed by atoms with van der Waals surface area (Å²) in [4.78, 5) is 0. The summed E-state index contributed by atoms with van der Waals surface area (Å²) in [5.74, 6) is 6.70. The highest BCUT2D eigenvalue weighted by Gasteiger charge is 2.38. The van der Waals surface area contributed by atoms with Gasteiger partial charge in [-0.05, 0) is 31.6 Å². The Morgan fingerprint density at radius 3 is 2.67 bits per heavy atom. The van der Waals surface area contributed by atoms with Crippen molar-refractivity contribution in [3.8, 4) is 11.8 Å². The van der Waals surface area contributed by atoms with E-state index >= 15 is 0 Å². The van der Waals surface area contributed by atoms with E-state index < -0.39 is 5.60 Å². The van der Waals surface area contributed by atoms with E-state index in [0.29, 0.717) is 11.8 Å². The molecule has 1 fully saturated rings. The average molecular weight is 166 g/mol. The molecule has 1 aliphatic rings. The van der Waals surface area contributed by atoms with Gasteiger partial charge in [0, 0.05) is 0 Å². The monoisotopic (exact) mass is 166 g/mol. The lowest BCUT2D eigenvalue weighted by atomic mass is 9.71. The fourth-order valence-corrected chi connectivity index (χ4v) is 2.03. The minimum absolute atomic E-state index is 0.318. The third kappa shape index (κ3) is 1.64. The van der Waals surface area contributed by atoms with E-state index in [-0.39, 0.29) is 0 Å². The zero-order valence-corrected chi connectivity index (χ0v) is 8.22. The van der Waals surface area contributed by atoms with Crippen molar-refractivity contribution in [3.63, 3.8) is 0 Å². The molecule has 3 atom stereocenters. The molecule has 1 N–H and O–H groups in total. The van der Waals surface area contributed by atoms with Crippen LogP contribution in [0, 0.1) is 23.7 Å². The van der Waals surface area contributed by atoms with Crippen molar-refractivity contribution in [1.82, 2.24) is 0 Å². The zero-order valence-electron chi connectivity index (χ0n) is 8.22. The van der Waals surface area contributed by atoms with Crippen LogP contribution in [0.2, 0.25) is 0 Å². The van der Waals surface area contributed by atoms with E-state index in [4.69, 9.17) is 0 Å². The lowest BCUT2D eigenvalue weighted by Crippen LogP contribution is -2.41. The van der Waals surface area contributed by atoms with Crippen molar-refractivity contribution in [2.75, 3.05) is 0 Å². The normalized spacial score (nSPS) is 41.7. The van der Waals surface area contributed by atoms with Gasteiger partial charge in [0.25, 0.3) is 0 Å². The van der Waals surface area contributed by atoms with Crippen LogP contribution in [0.5, 0.6) is 0 Å². The minimum Gasteiger partial charge on any atom is -0.377 e. The highest BCUT2D eigenvalue weighted by Crippen LogP contribution is 2.36. The van der Waals surface area contributed by atoms with Crippen LogP contribution in [0.25, 0.3) is 0 Å². The Morgan fingerprint density at radius 2 is 2.08 bits per heavy atom. The van der Waals surface area contributed by atoms with E-state index in [2.05, 4.69) is 25.7 Å². The largest absolute Gasteiger partial charge is 0.377 e. The molecule has 68 valence electrons. The Kier molecular flexibility index (Phi) is 2.80. The standard InChI is InChI=1S/C11H18O/c1-4-7-11(12)8-5-6-9(2)10(11)3/h9-10,12H,5-6,8H2,1-3H3. The van der Waals surface area contributed by atoms with Crippen LogP contribution in [0.3, 0.4) is 0 Å². The van der Waals surface area contributed by atoms with Crippen molar-refractivity contribution >= 4 is 0 Å². The Morgan fingerprint density at radius 1 is 1.42 bits per heavy atom. The molecule has 0 heterocycles. The maximum atomic E-state index is 10.1. The summed E-state index contributed by atoms with van der Waals surface area (Å²) in [7, 11) is 0. The molecule has 0 aromatic carbocycles. The first-order valence-corrected chi connectivity index (χ1v) is 4.76. The Hall–Kier alpha value is -0.480. The summed E-state index contributed by atoms with van der Waals surface area (Å²) >= 11 is 0. The van der Waals surface area contributed by atoms with E-state index in [1.54, 1.807) is 6.92 Å². The summed E-state index contributed by atoms with van der Waals surface area (Å²) in [6.07, 6.45) is 3.19. The molecular weight excluding hydrogens is 148 g/mol. The quantitative estimate of drug-likeness (QED) is 0.547. The molecular formula is C11H18O. The van der Waals surface area contributed by atoms with Gasteiger partial charge >= 0.3 is 0 Å². The number of rotatable bonds is 0. The molecule has 1 saturated carbocycles. The van der Waals surface area contributed by atoms with Gasteiger partial charge < -0.3 is 5.11 Å². The summed E-state index contributed by atoms with van der Waals surface area (Å²) in [5.41, 5.74) is -0.702. The predicted octanol–water partition coefficient (Wildman–Crippen LogP) is 2.20. The lowest BCUT2D eigenvalue weighted by molar-refractivity contribution is -0.0130. The van der Waals surface area contributed by atoms with Crippen molar-refractivity contribution in [3.05, 3.63) is 0 Å². The molecule has 0 radical (unpaired) electrons. The van der Waals surface area contributed by atoms with Gasteiger partial charge in [-0.1, -0.05) is 26.2 Å². The molecule has 0 bridgehead atoms. The van der Waals surface area contributed by atoms with Crippen LogP contribution in [-0.4, -0.2) is 10.7 Å². The minimum atomic E-state index is -0.702. The zero-order chi connectivity index (χ0) is 9.19. The third-order valence-corrected chi connectivity index (χ3v) is 3.17. The lowest BCUT2D eigenvalue weighted by Gasteiger charge is -2.38. The molecule has 3 unspecified atom stereocenters. The summed E-state index contributed by atoms with van der Waals surface area (Å²) in [5, 5.41) is 10.1. The van der Waals surface area contributed by atoms with Crippen LogP contribution in [0.15, 0.2) is 0 Å². The maximum Gasteiger partial charge on any atom is 0.128 e. The Bertz CT molecular complexity index is 211. The smallest absolute Gasteiger partial charge is 0.128 e. The topological polar surface area (TPSA) is 20.2 Å². The van der Waals surface area contributed by atoms with Gasteiger partial charge in [-0.15, -0.1) is 5.92 Å². The summed E-state index contributed by atoms with van der Waals surface area (Å²) in [6, 6.07) is 0. The fraction of sp³-hybridized carbons (Fsp3) is 0.818. The van der Waals surface area contributed by atoms with Crippen LogP contribution >= 0.6 is 0 Å². The van der Waals surface area contributed by atoms with E-state index in [9.17, 15) is 5.11 Å². The van der Waals surface area contributed by atoms with Gasteiger partial charge in [0.05, 0.1) is 0 Å². The second-order valence-corrected chi connectivity index (χ2v) is 3.96. The first-order chi connectivity index (χ1) is 5.60. The molecule has 12 heavy (non-hydrogen) atoms. The van der Waals surface area contributed by atoms with Gasteiger partial charge in [-0.25, -0.2) is 0 Å². The fourth-order valence-electron chi connectivity index (χ4n) is 2.03. The van der Waals surface area contributed by atoms with Gasteiger partial charge in [-0.2, -0.15) is 0 Å². The van der Waals surface area contributed by atoms with Crippen LogP contribution in [-0.2, 0) is 0 Å². The van der Waals surface area contributed by atoms with Gasteiger partial charge in [0.2, 0.25) is 0 Å². The van der Waals surface area contributed by atoms with Gasteiger partial charge in [0.15, 0.2) is 0 Å². The first kappa shape index (κ1) is 9.61. The van der Waals surface area contributed by atoms with Crippen molar-refractivity contribution in [2.24, 2.45) is 11.8 Å². The van der Waals surface area contributed by atoms with E-state index in [1.165, 1.54) is 6.42 Å². The first-order valence-electron chi connectivity index (χ1n) is 4.76. The molecule has 1 heteroatoms. The van der Waals surface area contributed by atoms with Crippen LogP contribution in [0.4, 0.5) is 0 Å². The van der Waals surface area contributed by atoms with E-state index in [1.807, 2.05) is 0 Å². The van der Waals surface area contributed by atoms with Gasteiger partial charge in [-0.3, -0.25) is 0 Å². The molecule has 0 amide bonds. The molecule has 1 nitrogen and oxygen atoms in total. The maximum absolute atomic E-state index is 10.1. The highest BCUT2D eigenvalue weighted by molar-refractivity contribution is 5.15. The second kappa shape index (κ2) is 3.49. The molecule has 0 saturated heterocycles. The Labute approximate surface area is 75.2 Å². The van der Waals surface area contributed by atoms with Crippen molar-refractivity contribution < 1.29 is 5.11 Å². The SMILES string of the molecule is CC#CC1(O)CCCC(C)C1C. The molecule has 0 spiro atoms. The second-order valence-electron chi connectivity index (χ2n) is 3.96. The number of hydrogen-bond donors (Lipinski definition) is 1.